The summed E-state index contributed by atoms with van der Waals surface area (Å²) in [5.74, 6) is 0. The lowest BCUT2D eigenvalue weighted by Gasteiger charge is -2.27. The van der Waals surface area contributed by atoms with Crippen molar-refractivity contribution in [2.24, 2.45) is 5.41 Å². The zero-order valence-corrected chi connectivity index (χ0v) is 10.9. The van der Waals surface area contributed by atoms with E-state index in [1.807, 2.05) is 12.3 Å². The van der Waals surface area contributed by atoms with Crippen molar-refractivity contribution in [3.8, 4) is 0 Å². The molecule has 0 radical (unpaired) electrons. The van der Waals surface area contributed by atoms with Crippen LogP contribution in [0, 0.1) is 5.41 Å². The van der Waals surface area contributed by atoms with Crippen molar-refractivity contribution >= 4 is 0 Å². The molecule has 0 amide bonds. The average molecular weight is 232 g/mol. The summed E-state index contributed by atoms with van der Waals surface area (Å²) in [6.45, 7) is 4.58. The van der Waals surface area contributed by atoms with Crippen LogP contribution in [-0.4, -0.2) is 18.1 Å². The van der Waals surface area contributed by atoms with E-state index in [2.05, 4.69) is 29.4 Å². The summed E-state index contributed by atoms with van der Waals surface area (Å²) in [6, 6.07) is 6.14. The highest BCUT2D eigenvalue weighted by atomic mass is 14.9. The first kappa shape index (κ1) is 12.6. The molecule has 1 N–H and O–H groups in total. The molecule has 0 spiro atoms. The monoisotopic (exact) mass is 232 g/mol. The third-order valence-corrected chi connectivity index (χ3v) is 4.20. The van der Waals surface area contributed by atoms with Crippen molar-refractivity contribution in [1.29, 1.82) is 0 Å². The highest BCUT2D eigenvalue weighted by Gasteiger charge is 2.31. The van der Waals surface area contributed by atoms with Crippen LogP contribution in [0.5, 0.6) is 0 Å². The van der Waals surface area contributed by atoms with Crippen molar-refractivity contribution in [3.05, 3.63) is 30.1 Å². The lowest BCUT2D eigenvalue weighted by molar-refractivity contribution is 0.270. The molecule has 0 aromatic carbocycles. The van der Waals surface area contributed by atoms with Crippen LogP contribution in [0.1, 0.15) is 44.7 Å². The lowest BCUT2D eigenvalue weighted by Crippen LogP contribution is -2.32. The number of aromatic nitrogens is 1. The molecule has 2 rings (SSSR count). The molecule has 0 unspecified atom stereocenters. The van der Waals surface area contributed by atoms with Gasteiger partial charge in [-0.25, -0.2) is 0 Å². The van der Waals surface area contributed by atoms with Crippen LogP contribution >= 0.6 is 0 Å². The second-order valence-electron chi connectivity index (χ2n) is 5.31. The summed E-state index contributed by atoms with van der Waals surface area (Å²) in [5.41, 5.74) is 1.79. The summed E-state index contributed by atoms with van der Waals surface area (Å²) >= 11 is 0. The summed E-state index contributed by atoms with van der Waals surface area (Å²) in [5, 5.41) is 3.63. The highest BCUT2D eigenvalue weighted by molar-refractivity contribution is 5.03. The molecule has 1 fully saturated rings. The van der Waals surface area contributed by atoms with E-state index < -0.39 is 0 Å². The van der Waals surface area contributed by atoms with Gasteiger partial charge in [-0.05, 0) is 36.8 Å². The number of pyridine rings is 1. The number of hydrogen-bond acceptors (Lipinski definition) is 2. The fourth-order valence-electron chi connectivity index (χ4n) is 2.90. The third kappa shape index (κ3) is 3.53. The largest absolute Gasteiger partial charge is 0.316 e. The number of nitrogens with one attached hydrogen (secondary N) is 1. The van der Waals surface area contributed by atoms with Gasteiger partial charge in [-0.15, -0.1) is 0 Å². The molecule has 1 aromatic rings. The van der Waals surface area contributed by atoms with Crippen molar-refractivity contribution in [1.82, 2.24) is 10.3 Å². The SMILES string of the molecule is CCC1(CNCCc2ccccn2)CCCC1. The fraction of sp³-hybridized carbons (Fsp3) is 0.667. The summed E-state index contributed by atoms with van der Waals surface area (Å²) in [6.07, 6.45) is 9.93. The van der Waals surface area contributed by atoms with Gasteiger partial charge in [0.2, 0.25) is 0 Å². The van der Waals surface area contributed by atoms with E-state index in [0.717, 1.165) is 13.0 Å². The maximum atomic E-state index is 4.35. The smallest absolute Gasteiger partial charge is 0.0416 e. The highest BCUT2D eigenvalue weighted by Crippen LogP contribution is 2.40. The fourth-order valence-corrected chi connectivity index (χ4v) is 2.90. The Hall–Kier alpha value is -0.890. The summed E-state index contributed by atoms with van der Waals surface area (Å²) < 4.78 is 0. The van der Waals surface area contributed by atoms with Crippen LogP contribution in [0.3, 0.4) is 0 Å². The molecule has 2 heteroatoms. The molecule has 0 saturated heterocycles. The summed E-state index contributed by atoms with van der Waals surface area (Å²) in [4.78, 5) is 4.35. The predicted octanol–water partition coefficient (Wildman–Crippen LogP) is 3.18. The second-order valence-corrected chi connectivity index (χ2v) is 5.31. The molecule has 1 aromatic heterocycles. The Morgan fingerprint density at radius 3 is 2.76 bits per heavy atom. The van der Waals surface area contributed by atoms with Crippen molar-refractivity contribution in [2.45, 2.75) is 45.4 Å². The lowest BCUT2D eigenvalue weighted by atomic mass is 9.83. The predicted molar refractivity (Wildman–Crippen MR) is 72.0 cm³/mol. The van der Waals surface area contributed by atoms with E-state index in [4.69, 9.17) is 0 Å². The van der Waals surface area contributed by atoms with Gasteiger partial charge in [-0.3, -0.25) is 4.98 Å². The topological polar surface area (TPSA) is 24.9 Å². The first-order valence-corrected chi connectivity index (χ1v) is 6.95. The Morgan fingerprint density at radius 1 is 1.29 bits per heavy atom. The Balaban J connectivity index is 1.69. The van der Waals surface area contributed by atoms with E-state index in [1.54, 1.807) is 0 Å². The molecule has 1 aliphatic rings. The van der Waals surface area contributed by atoms with E-state index in [1.165, 1.54) is 44.3 Å². The maximum absolute atomic E-state index is 4.35. The first-order chi connectivity index (χ1) is 8.35. The second kappa shape index (κ2) is 6.15. The van der Waals surface area contributed by atoms with Gasteiger partial charge in [0.25, 0.3) is 0 Å². The minimum absolute atomic E-state index is 0.601. The maximum Gasteiger partial charge on any atom is 0.0416 e. The zero-order valence-electron chi connectivity index (χ0n) is 10.9. The van der Waals surface area contributed by atoms with E-state index >= 15 is 0 Å². The third-order valence-electron chi connectivity index (χ3n) is 4.20. The molecule has 17 heavy (non-hydrogen) atoms. The van der Waals surface area contributed by atoms with Gasteiger partial charge in [0.1, 0.15) is 0 Å². The number of rotatable bonds is 6. The molecule has 1 aliphatic carbocycles. The molecule has 1 saturated carbocycles. The number of hydrogen-bond donors (Lipinski definition) is 1. The van der Waals surface area contributed by atoms with E-state index in [0.29, 0.717) is 5.41 Å². The average Bonchev–Trinajstić information content (AvgIpc) is 2.85. The van der Waals surface area contributed by atoms with Gasteiger partial charge in [0.05, 0.1) is 0 Å². The van der Waals surface area contributed by atoms with Gasteiger partial charge >= 0.3 is 0 Å². The number of nitrogens with zero attached hydrogens (tertiary/aromatic N) is 1. The van der Waals surface area contributed by atoms with E-state index in [-0.39, 0.29) is 0 Å². The Bertz CT molecular complexity index is 315. The van der Waals surface area contributed by atoms with Crippen LogP contribution in [0.25, 0.3) is 0 Å². The molecular weight excluding hydrogens is 208 g/mol. The van der Waals surface area contributed by atoms with Crippen LogP contribution < -0.4 is 5.32 Å². The van der Waals surface area contributed by atoms with Crippen LogP contribution in [0.4, 0.5) is 0 Å². The van der Waals surface area contributed by atoms with Crippen LogP contribution in [0.2, 0.25) is 0 Å². The van der Waals surface area contributed by atoms with Gasteiger partial charge in [0.15, 0.2) is 0 Å². The van der Waals surface area contributed by atoms with Gasteiger partial charge < -0.3 is 5.32 Å². The minimum Gasteiger partial charge on any atom is -0.316 e. The Kier molecular flexibility index (Phi) is 4.55. The molecule has 0 aliphatic heterocycles. The molecule has 1 heterocycles. The molecule has 0 atom stereocenters. The van der Waals surface area contributed by atoms with Crippen LogP contribution in [0.15, 0.2) is 24.4 Å². The van der Waals surface area contributed by atoms with Gasteiger partial charge in [0, 0.05) is 31.4 Å². The van der Waals surface area contributed by atoms with E-state index in [9.17, 15) is 0 Å². The minimum atomic E-state index is 0.601. The summed E-state index contributed by atoms with van der Waals surface area (Å²) in [7, 11) is 0. The van der Waals surface area contributed by atoms with Crippen molar-refractivity contribution in [2.75, 3.05) is 13.1 Å². The molecular formula is C15H24N2. The molecule has 94 valence electrons. The van der Waals surface area contributed by atoms with Crippen molar-refractivity contribution < 1.29 is 0 Å². The Labute approximate surface area is 105 Å². The molecule has 2 nitrogen and oxygen atoms in total. The standard InChI is InChI=1S/C15H24N2/c1-2-15(9-4-5-10-15)13-16-12-8-14-7-3-6-11-17-14/h3,6-7,11,16H,2,4-5,8-10,12-13H2,1H3. The zero-order chi connectivity index (χ0) is 12.0. The van der Waals surface area contributed by atoms with Gasteiger partial charge in [-0.1, -0.05) is 25.8 Å². The van der Waals surface area contributed by atoms with Crippen molar-refractivity contribution in [3.63, 3.8) is 0 Å². The molecule has 0 bridgehead atoms. The normalized spacial score (nSPS) is 18.4. The first-order valence-electron chi connectivity index (χ1n) is 6.95. The Morgan fingerprint density at radius 2 is 2.12 bits per heavy atom. The quantitative estimate of drug-likeness (QED) is 0.762. The van der Waals surface area contributed by atoms with Gasteiger partial charge in [-0.2, -0.15) is 0 Å². The van der Waals surface area contributed by atoms with Crippen LogP contribution in [-0.2, 0) is 6.42 Å².